The predicted octanol–water partition coefficient (Wildman–Crippen LogP) is 3.21. The van der Waals surface area contributed by atoms with Gasteiger partial charge in [-0.15, -0.1) is 11.3 Å². The van der Waals surface area contributed by atoms with Gasteiger partial charge in [-0.3, -0.25) is 0 Å². The number of aromatic nitrogens is 2. The Hall–Kier alpha value is -1.89. The number of hydrogen-bond acceptors (Lipinski definition) is 5. The van der Waals surface area contributed by atoms with Gasteiger partial charge in [-0.05, 0) is 27.2 Å². The number of carbonyl (C=O) groups excluding carboxylic acids is 1. The Labute approximate surface area is 134 Å². The van der Waals surface area contributed by atoms with Crippen molar-refractivity contribution >= 4 is 17.4 Å². The Morgan fingerprint density at radius 1 is 1.50 bits per heavy atom. The van der Waals surface area contributed by atoms with E-state index in [9.17, 15) is 4.79 Å². The Bertz CT molecular complexity index is 650. The molecule has 7 heteroatoms. The molecule has 2 heterocycles. The normalized spacial score (nSPS) is 12.2. The SMILES string of the molecule is CCc1nc(C)c([C@H](C)N(C)C(=O)NCc2cc(C)on2)s1. The van der Waals surface area contributed by atoms with Crippen molar-refractivity contribution in [2.24, 2.45) is 0 Å². The van der Waals surface area contributed by atoms with E-state index in [2.05, 4.69) is 22.4 Å². The smallest absolute Gasteiger partial charge is 0.317 e. The van der Waals surface area contributed by atoms with Gasteiger partial charge in [0.05, 0.1) is 23.3 Å². The summed E-state index contributed by atoms with van der Waals surface area (Å²) in [7, 11) is 1.79. The highest BCUT2D eigenvalue weighted by Gasteiger charge is 2.21. The highest BCUT2D eigenvalue weighted by molar-refractivity contribution is 7.11. The van der Waals surface area contributed by atoms with Gasteiger partial charge in [0.2, 0.25) is 0 Å². The fourth-order valence-electron chi connectivity index (χ4n) is 2.15. The Morgan fingerprint density at radius 2 is 2.23 bits per heavy atom. The highest BCUT2D eigenvalue weighted by atomic mass is 32.1. The number of nitrogens with zero attached hydrogens (tertiary/aromatic N) is 3. The van der Waals surface area contributed by atoms with Crippen LogP contribution in [0, 0.1) is 13.8 Å². The average molecular weight is 322 g/mol. The molecule has 120 valence electrons. The molecule has 2 rings (SSSR count). The van der Waals surface area contributed by atoms with E-state index in [-0.39, 0.29) is 12.1 Å². The van der Waals surface area contributed by atoms with Crippen molar-refractivity contribution in [1.82, 2.24) is 20.4 Å². The van der Waals surface area contributed by atoms with Crippen LogP contribution in [0.25, 0.3) is 0 Å². The molecule has 0 bridgehead atoms. The molecule has 2 aromatic heterocycles. The fourth-order valence-corrected chi connectivity index (χ4v) is 3.25. The van der Waals surface area contributed by atoms with Crippen LogP contribution in [0.5, 0.6) is 0 Å². The van der Waals surface area contributed by atoms with Crippen LogP contribution < -0.4 is 5.32 Å². The van der Waals surface area contributed by atoms with Crippen LogP contribution in [0.3, 0.4) is 0 Å². The molecule has 2 aromatic rings. The van der Waals surface area contributed by atoms with Crippen LogP contribution in [-0.4, -0.2) is 28.1 Å². The second-order valence-corrected chi connectivity index (χ2v) is 6.40. The van der Waals surface area contributed by atoms with Crippen molar-refractivity contribution in [1.29, 1.82) is 0 Å². The minimum absolute atomic E-state index is 0.0168. The summed E-state index contributed by atoms with van der Waals surface area (Å²) in [5.74, 6) is 0.735. The van der Waals surface area contributed by atoms with Crippen LogP contribution in [0.2, 0.25) is 0 Å². The number of rotatable bonds is 5. The fraction of sp³-hybridized carbons (Fsp3) is 0.533. The Balaban J connectivity index is 1.98. The second-order valence-electron chi connectivity index (χ2n) is 5.29. The molecule has 2 amide bonds. The lowest BCUT2D eigenvalue weighted by Crippen LogP contribution is -2.38. The summed E-state index contributed by atoms with van der Waals surface area (Å²) in [4.78, 5) is 19.6. The maximum Gasteiger partial charge on any atom is 0.317 e. The zero-order valence-corrected chi connectivity index (χ0v) is 14.5. The van der Waals surface area contributed by atoms with E-state index in [1.807, 2.05) is 26.8 Å². The van der Waals surface area contributed by atoms with E-state index in [0.29, 0.717) is 12.2 Å². The molecular formula is C15H22N4O2S. The quantitative estimate of drug-likeness (QED) is 0.917. The van der Waals surface area contributed by atoms with E-state index in [0.717, 1.165) is 27.8 Å². The molecule has 0 aromatic carbocycles. The number of nitrogens with one attached hydrogen (secondary N) is 1. The number of urea groups is 1. The summed E-state index contributed by atoms with van der Waals surface area (Å²) >= 11 is 1.67. The van der Waals surface area contributed by atoms with E-state index >= 15 is 0 Å². The van der Waals surface area contributed by atoms with Crippen molar-refractivity contribution in [2.45, 2.75) is 46.7 Å². The minimum Gasteiger partial charge on any atom is -0.361 e. The minimum atomic E-state index is -0.140. The Kier molecular flexibility index (Phi) is 5.18. The van der Waals surface area contributed by atoms with Gasteiger partial charge in [-0.2, -0.15) is 0 Å². The third kappa shape index (κ3) is 3.65. The van der Waals surface area contributed by atoms with Crippen molar-refractivity contribution < 1.29 is 9.32 Å². The van der Waals surface area contributed by atoms with Crippen molar-refractivity contribution in [3.63, 3.8) is 0 Å². The third-order valence-corrected chi connectivity index (χ3v) is 5.03. The third-order valence-electron chi connectivity index (χ3n) is 3.56. The first kappa shape index (κ1) is 16.5. The summed E-state index contributed by atoms with van der Waals surface area (Å²) in [6.07, 6.45) is 0.916. The van der Waals surface area contributed by atoms with Gasteiger partial charge < -0.3 is 14.7 Å². The van der Waals surface area contributed by atoms with Crippen LogP contribution in [0.1, 0.15) is 46.9 Å². The predicted molar refractivity (Wildman–Crippen MR) is 85.9 cm³/mol. The first-order valence-electron chi connectivity index (χ1n) is 7.31. The molecule has 0 aliphatic carbocycles. The molecule has 6 nitrogen and oxygen atoms in total. The lowest BCUT2D eigenvalue weighted by molar-refractivity contribution is 0.194. The summed E-state index contributed by atoms with van der Waals surface area (Å²) in [6, 6.07) is 1.65. The molecule has 0 fully saturated rings. The van der Waals surface area contributed by atoms with Crippen LogP contribution >= 0.6 is 11.3 Å². The van der Waals surface area contributed by atoms with Crippen molar-refractivity contribution in [3.05, 3.63) is 33.1 Å². The second kappa shape index (κ2) is 6.91. The van der Waals surface area contributed by atoms with Gasteiger partial charge in [-0.25, -0.2) is 9.78 Å². The summed E-state index contributed by atoms with van der Waals surface area (Å²) in [6.45, 7) is 8.27. The average Bonchev–Trinajstić information content (AvgIpc) is 3.08. The molecule has 0 spiro atoms. The van der Waals surface area contributed by atoms with E-state index in [1.54, 1.807) is 23.3 Å². The number of hydrogen-bond donors (Lipinski definition) is 1. The first-order valence-corrected chi connectivity index (χ1v) is 8.13. The lowest BCUT2D eigenvalue weighted by atomic mass is 10.2. The van der Waals surface area contributed by atoms with Crippen molar-refractivity contribution in [3.8, 4) is 0 Å². The Morgan fingerprint density at radius 3 is 2.77 bits per heavy atom. The summed E-state index contributed by atoms with van der Waals surface area (Å²) in [5.41, 5.74) is 1.72. The van der Waals surface area contributed by atoms with Gasteiger partial charge in [0.1, 0.15) is 11.5 Å². The van der Waals surface area contributed by atoms with Gasteiger partial charge in [0, 0.05) is 18.0 Å². The topological polar surface area (TPSA) is 71.3 Å². The summed E-state index contributed by atoms with van der Waals surface area (Å²) in [5, 5.41) is 7.82. The number of amides is 2. The van der Waals surface area contributed by atoms with E-state index < -0.39 is 0 Å². The number of aryl methyl sites for hydroxylation is 3. The van der Waals surface area contributed by atoms with Gasteiger partial charge >= 0.3 is 6.03 Å². The molecular weight excluding hydrogens is 300 g/mol. The van der Waals surface area contributed by atoms with E-state index in [1.165, 1.54) is 0 Å². The molecule has 0 radical (unpaired) electrons. The highest BCUT2D eigenvalue weighted by Crippen LogP contribution is 2.28. The maximum absolute atomic E-state index is 12.3. The van der Waals surface area contributed by atoms with E-state index in [4.69, 9.17) is 4.52 Å². The largest absolute Gasteiger partial charge is 0.361 e. The molecule has 1 atom stereocenters. The van der Waals surface area contributed by atoms with Crippen LogP contribution in [0.4, 0.5) is 4.79 Å². The van der Waals surface area contributed by atoms with Gasteiger partial charge in [0.15, 0.2) is 0 Å². The van der Waals surface area contributed by atoms with Gasteiger partial charge in [0.25, 0.3) is 0 Å². The molecule has 0 saturated carbocycles. The lowest BCUT2D eigenvalue weighted by Gasteiger charge is -2.24. The molecule has 0 unspecified atom stereocenters. The maximum atomic E-state index is 12.3. The summed E-state index contributed by atoms with van der Waals surface area (Å²) < 4.78 is 4.98. The zero-order valence-electron chi connectivity index (χ0n) is 13.6. The molecule has 0 aliphatic rings. The number of thiazole rings is 1. The van der Waals surface area contributed by atoms with Crippen LogP contribution in [0.15, 0.2) is 10.6 Å². The molecule has 0 aliphatic heterocycles. The molecule has 1 N–H and O–H groups in total. The number of carbonyl (C=O) groups is 1. The zero-order chi connectivity index (χ0) is 16.3. The van der Waals surface area contributed by atoms with Gasteiger partial charge in [-0.1, -0.05) is 12.1 Å². The molecule has 22 heavy (non-hydrogen) atoms. The standard InChI is InChI=1S/C15H22N4O2S/c1-6-13-17-10(3)14(22-13)11(4)19(5)15(20)16-8-12-7-9(2)21-18-12/h7,11H,6,8H2,1-5H3,(H,16,20)/t11-/m0/s1. The first-order chi connectivity index (χ1) is 10.4. The monoisotopic (exact) mass is 322 g/mol. The molecule has 0 saturated heterocycles. The van der Waals surface area contributed by atoms with Crippen molar-refractivity contribution in [2.75, 3.05) is 7.05 Å². The van der Waals surface area contributed by atoms with Crippen LogP contribution in [-0.2, 0) is 13.0 Å².